The van der Waals surface area contributed by atoms with Crippen molar-refractivity contribution in [3.8, 4) is 5.75 Å². The van der Waals surface area contributed by atoms with Crippen LogP contribution in [0.15, 0.2) is 61.2 Å². The molecule has 1 unspecified atom stereocenters. The fourth-order valence-corrected chi connectivity index (χ4v) is 6.02. The van der Waals surface area contributed by atoms with Crippen molar-refractivity contribution >= 4 is 11.9 Å². The van der Waals surface area contributed by atoms with E-state index in [1.807, 2.05) is 48.2 Å². The molecule has 2 aliphatic rings. The zero-order chi connectivity index (χ0) is 28.6. The summed E-state index contributed by atoms with van der Waals surface area (Å²) in [7, 11) is 0. The van der Waals surface area contributed by atoms with Crippen LogP contribution >= 0.6 is 0 Å². The van der Waals surface area contributed by atoms with Crippen molar-refractivity contribution in [3.05, 3.63) is 77.9 Å². The summed E-state index contributed by atoms with van der Waals surface area (Å²) in [5.74, 6) is 0.0196. The van der Waals surface area contributed by atoms with Gasteiger partial charge in [-0.3, -0.25) is 24.3 Å². The molecule has 0 saturated carbocycles. The fraction of sp³-hybridized carbons (Fsp3) is 0.500. The summed E-state index contributed by atoms with van der Waals surface area (Å²) in [6.45, 7) is 16.1. The van der Waals surface area contributed by atoms with Gasteiger partial charge in [0, 0.05) is 63.5 Å². The Hall–Kier alpha value is -3.20. The molecule has 40 heavy (non-hydrogen) atoms. The number of hydrogen-bond acceptors (Lipinski definition) is 7. The lowest BCUT2D eigenvalue weighted by Crippen LogP contribution is -2.57. The Morgan fingerprint density at radius 1 is 1.02 bits per heavy atom. The first-order chi connectivity index (χ1) is 19.3. The molecule has 2 aliphatic heterocycles. The summed E-state index contributed by atoms with van der Waals surface area (Å²) in [5, 5.41) is 10.4. The van der Waals surface area contributed by atoms with Gasteiger partial charge < -0.3 is 14.7 Å². The molecule has 1 N–H and O–H groups in total. The van der Waals surface area contributed by atoms with E-state index in [1.54, 1.807) is 6.07 Å². The third-order valence-electron chi connectivity index (χ3n) is 8.03. The van der Waals surface area contributed by atoms with Crippen LogP contribution in [0.5, 0.6) is 5.75 Å². The number of carbonyl (C=O) groups excluding carboxylic acids is 2. The van der Waals surface area contributed by atoms with Gasteiger partial charge in [-0.1, -0.05) is 30.3 Å². The Morgan fingerprint density at radius 3 is 2.50 bits per heavy atom. The highest BCUT2D eigenvalue weighted by molar-refractivity contribution is 5.94. The smallest absolute Gasteiger partial charge is 0.320 e. The molecule has 2 aromatic rings. The predicted octanol–water partition coefficient (Wildman–Crippen LogP) is 3.77. The van der Waals surface area contributed by atoms with Gasteiger partial charge in [0.15, 0.2) is 0 Å². The Kier molecular flexibility index (Phi) is 10.4. The molecule has 4 rings (SSSR count). The summed E-state index contributed by atoms with van der Waals surface area (Å²) in [6, 6.07) is 15.9. The molecule has 2 saturated heterocycles. The third kappa shape index (κ3) is 7.30. The maximum absolute atomic E-state index is 13.7. The number of carbonyl (C=O) groups is 2. The molecule has 0 bridgehead atoms. The summed E-state index contributed by atoms with van der Waals surface area (Å²) in [6.07, 6.45) is 2.76. The van der Waals surface area contributed by atoms with Crippen molar-refractivity contribution in [2.75, 3.05) is 59.0 Å². The number of nitrogens with zero attached hydrogens (tertiary/aromatic N) is 4. The van der Waals surface area contributed by atoms with Crippen molar-refractivity contribution in [1.29, 1.82) is 0 Å². The average Bonchev–Trinajstić information content (AvgIpc) is 3.17. The molecule has 3 atom stereocenters. The van der Waals surface area contributed by atoms with E-state index in [1.165, 1.54) is 0 Å². The largest absolute Gasteiger partial charge is 0.508 e. The van der Waals surface area contributed by atoms with Crippen molar-refractivity contribution in [3.63, 3.8) is 0 Å². The van der Waals surface area contributed by atoms with E-state index in [9.17, 15) is 14.7 Å². The van der Waals surface area contributed by atoms with Gasteiger partial charge in [0.2, 0.25) is 0 Å². The van der Waals surface area contributed by atoms with E-state index in [4.69, 9.17) is 4.74 Å². The second-order valence-corrected chi connectivity index (χ2v) is 11.0. The van der Waals surface area contributed by atoms with E-state index >= 15 is 0 Å². The van der Waals surface area contributed by atoms with Crippen LogP contribution < -0.4 is 0 Å². The number of rotatable bonds is 9. The molecule has 0 radical (unpaired) electrons. The van der Waals surface area contributed by atoms with Crippen LogP contribution in [0.2, 0.25) is 0 Å². The van der Waals surface area contributed by atoms with E-state index < -0.39 is 0 Å². The van der Waals surface area contributed by atoms with Crippen LogP contribution in [0.4, 0.5) is 0 Å². The third-order valence-corrected chi connectivity index (χ3v) is 8.03. The Balaban J connectivity index is 1.57. The van der Waals surface area contributed by atoms with Gasteiger partial charge in [0.25, 0.3) is 5.91 Å². The molecule has 1 amide bonds. The minimum absolute atomic E-state index is 0.00622. The van der Waals surface area contributed by atoms with Gasteiger partial charge in [0.1, 0.15) is 5.75 Å². The number of hydrogen-bond donors (Lipinski definition) is 1. The number of ether oxygens (including phenoxy) is 1. The number of aromatic hydroxyl groups is 1. The lowest BCUT2D eigenvalue weighted by molar-refractivity contribution is -0.144. The molecule has 0 aliphatic carbocycles. The van der Waals surface area contributed by atoms with Crippen molar-refractivity contribution in [2.24, 2.45) is 0 Å². The van der Waals surface area contributed by atoms with Crippen LogP contribution in [-0.4, -0.2) is 108 Å². The molecule has 2 fully saturated rings. The normalized spacial score (nSPS) is 21.9. The molecular weight excluding hydrogens is 504 g/mol. The van der Waals surface area contributed by atoms with E-state index in [0.29, 0.717) is 37.8 Å². The van der Waals surface area contributed by atoms with Crippen molar-refractivity contribution in [2.45, 2.75) is 45.3 Å². The molecule has 216 valence electrons. The zero-order valence-electron chi connectivity index (χ0n) is 24.2. The highest BCUT2D eigenvalue weighted by Crippen LogP contribution is 2.35. The number of esters is 1. The second kappa shape index (κ2) is 13.9. The van der Waals surface area contributed by atoms with Crippen LogP contribution in [0, 0.1) is 0 Å². The van der Waals surface area contributed by atoms with Gasteiger partial charge in [-0.05, 0) is 62.6 Å². The summed E-state index contributed by atoms with van der Waals surface area (Å²) >= 11 is 0. The SMILES string of the molecule is C=CCN1C[C@H](C)N(C(c2cccc(O)c2)c2cccc(C(=O)N3CCCN(CC(=O)OCC)CC3)c2)C[C@H]1C. The van der Waals surface area contributed by atoms with Crippen LogP contribution in [0.1, 0.15) is 54.7 Å². The fourth-order valence-electron chi connectivity index (χ4n) is 6.02. The highest BCUT2D eigenvalue weighted by atomic mass is 16.5. The lowest BCUT2D eigenvalue weighted by Gasteiger charge is -2.47. The first-order valence-electron chi connectivity index (χ1n) is 14.5. The molecular formula is C32H44N4O4. The quantitative estimate of drug-likeness (QED) is 0.378. The van der Waals surface area contributed by atoms with E-state index in [-0.39, 0.29) is 36.3 Å². The molecule has 2 aromatic carbocycles. The minimum Gasteiger partial charge on any atom is -0.508 e. The number of piperazine rings is 1. The molecule has 2 heterocycles. The highest BCUT2D eigenvalue weighted by Gasteiger charge is 2.35. The summed E-state index contributed by atoms with van der Waals surface area (Å²) in [4.78, 5) is 34.5. The first-order valence-corrected chi connectivity index (χ1v) is 14.5. The summed E-state index contributed by atoms with van der Waals surface area (Å²) < 4.78 is 5.10. The maximum Gasteiger partial charge on any atom is 0.320 e. The van der Waals surface area contributed by atoms with Gasteiger partial charge >= 0.3 is 5.97 Å². The van der Waals surface area contributed by atoms with Gasteiger partial charge in [-0.2, -0.15) is 0 Å². The van der Waals surface area contributed by atoms with Crippen LogP contribution in [0.25, 0.3) is 0 Å². The standard InChI is InChI=1S/C32H44N4O4/c1-5-14-35-21-25(4)36(22-24(35)3)31(27-11-8-13-29(37)20-27)26-10-7-12-28(19-26)32(39)34-16-9-15-33(17-18-34)23-30(38)40-6-2/h5,7-8,10-13,19-20,24-25,31,37H,1,6,9,14-18,21-23H2,2-4H3/t24-,25+,31?/m1/s1. The molecule has 0 spiro atoms. The maximum atomic E-state index is 13.7. The van der Waals surface area contributed by atoms with E-state index in [2.05, 4.69) is 47.3 Å². The Morgan fingerprint density at radius 2 is 1.77 bits per heavy atom. The predicted molar refractivity (Wildman–Crippen MR) is 157 cm³/mol. The van der Waals surface area contributed by atoms with E-state index in [0.717, 1.165) is 43.7 Å². The minimum atomic E-state index is -0.221. The monoisotopic (exact) mass is 548 g/mol. The van der Waals surface area contributed by atoms with Gasteiger partial charge in [-0.25, -0.2) is 0 Å². The number of phenols is 1. The number of amides is 1. The molecule has 8 heteroatoms. The second-order valence-electron chi connectivity index (χ2n) is 11.0. The lowest BCUT2D eigenvalue weighted by atomic mass is 9.92. The topological polar surface area (TPSA) is 76.6 Å². The summed E-state index contributed by atoms with van der Waals surface area (Å²) in [5.41, 5.74) is 2.70. The molecule has 8 nitrogen and oxygen atoms in total. The van der Waals surface area contributed by atoms with Crippen LogP contribution in [0.3, 0.4) is 0 Å². The van der Waals surface area contributed by atoms with Gasteiger partial charge in [-0.15, -0.1) is 6.58 Å². The van der Waals surface area contributed by atoms with Crippen molar-refractivity contribution in [1.82, 2.24) is 19.6 Å². The number of phenolic OH excluding ortho intramolecular Hbond substituents is 1. The zero-order valence-corrected chi connectivity index (χ0v) is 24.2. The Labute approximate surface area is 238 Å². The molecule has 0 aromatic heterocycles. The first kappa shape index (κ1) is 29.8. The number of benzene rings is 2. The van der Waals surface area contributed by atoms with Crippen LogP contribution in [-0.2, 0) is 9.53 Å². The Bertz CT molecular complexity index is 1170. The van der Waals surface area contributed by atoms with Crippen molar-refractivity contribution < 1.29 is 19.4 Å². The average molecular weight is 549 g/mol. The van der Waals surface area contributed by atoms with Gasteiger partial charge in [0.05, 0.1) is 19.2 Å².